The molecule has 14 heavy (non-hydrogen) atoms. The van der Waals surface area contributed by atoms with Gasteiger partial charge in [-0.3, -0.25) is 9.55 Å². The molecule has 0 saturated heterocycles. The summed E-state index contributed by atoms with van der Waals surface area (Å²) in [5.41, 5.74) is 0.340. The van der Waals surface area contributed by atoms with E-state index in [1.807, 2.05) is 0 Å². The molecule has 0 aromatic carbocycles. The Hall–Kier alpha value is -1.62. The van der Waals surface area contributed by atoms with Crippen molar-refractivity contribution in [2.24, 2.45) is 7.05 Å². The van der Waals surface area contributed by atoms with Crippen LogP contribution in [0.25, 0.3) is 11.5 Å². The van der Waals surface area contributed by atoms with Crippen molar-refractivity contribution < 1.29 is 0 Å². The molecule has 0 fully saturated rings. The van der Waals surface area contributed by atoms with Gasteiger partial charge in [-0.25, -0.2) is 9.89 Å². The molecule has 0 aliphatic heterocycles. The molecule has 2 aromatic rings. The lowest BCUT2D eigenvalue weighted by Gasteiger charge is -1.97. The summed E-state index contributed by atoms with van der Waals surface area (Å²) in [4.78, 5) is 15.1. The molecule has 6 heteroatoms. The fourth-order valence-corrected chi connectivity index (χ4v) is 1.20. The highest BCUT2D eigenvalue weighted by Gasteiger charge is 2.07. The smallest absolute Gasteiger partial charge is 0.277 e. The van der Waals surface area contributed by atoms with Gasteiger partial charge in [0.15, 0.2) is 5.82 Å². The van der Waals surface area contributed by atoms with Crippen molar-refractivity contribution in [3.8, 4) is 11.5 Å². The van der Waals surface area contributed by atoms with Crippen LogP contribution in [0.1, 0.15) is 0 Å². The molecule has 0 unspecified atom stereocenters. The highest BCUT2D eigenvalue weighted by molar-refractivity contribution is 6.30. The second kappa shape index (κ2) is 3.26. The van der Waals surface area contributed by atoms with Crippen LogP contribution in [0.2, 0.25) is 5.02 Å². The van der Waals surface area contributed by atoms with Gasteiger partial charge in [-0.2, -0.15) is 5.10 Å². The average Bonchev–Trinajstić information content (AvgIpc) is 2.50. The maximum Gasteiger partial charge on any atom is 0.343 e. The van der Waals surface area contributed by atoms with Crippen LogP contribution < -0.4 is 5.69 Å². The zero-order valence-corrected chi connectivity index (χ0v) is 8.12. The molecule has 0 bridgehead atoms. The van der Waals surface area contributed by atoms with Crippen LogP contribution in [-0.4, -0.2) is 19.7 Å². The molecule has 2 aromatic heterocycles. The molecule has 0 amide bonds. The number of nitrogens with zero attached hydrogens (tertiary/aromatic N) is 3. The third-order valence-corrected chi connectivity index (χ3v) is 2.06. The molecule has 0 aliphatic rings. The van der Waals surface area contributed by atoms with Crippen LogP contribution in [0.5, 0.6) is 0 Å². The Balaban J connectivity index is 2.55. The van der Waals surface area contributed by atoms with Gasteiger partial charge in [0, 0.05) is 13.2 Å². The largest absolute Gasteiger partial charge is 0.343 e. The van der Waals surface area contributed by atoms with Crippen molar-refractivity contribution in [1.82, 2.24) is 19.7 Å². The second-order valence-corrected chi connectivity index (χ2v) is 3.21. The van der Waals surface area contributed by atoms with Crippen molar-refractivity contribution in [2.75, 3.05) is 0 Å². The van der Waals surface area contributed by atoms with Gasteiger partial charge >= 0.3 is 5.69 Å². The molecule has 0 saturated carbocycles. The molecule has 2 heterocycles. The van der Waals surface area contributed by atoms with Gasteiger partial charge in [0.1, 0.15) is 5.69 Å². The molecule has 2 rings (SSSR count). The summed E-state index contributed by atoms with van der Waals surface area (Å²) in [5.74, 6) is 0.492. The minimum absolute atomic E-state index is 0.267. The molecule has 0 spiro atoms. The molecule has 1 N–H and O–H groups in total. The average molecular weight is 211 g/mol. The number of aromatic amines is 1. The molecule has 0 aliphatic carbocycles. The lowest BCUT2D eigenvalue weighted by Crippen LogP contribution is -2.13. The first-order valence-electron chi connectivity index (χ1n) is 3.92. The van der Waals surface area contributed by atoms with E-state index in [2.05, 4.69) is 15.2 Å². The van der Waals surface area contributed by atoms with Gasteiger partial charge < -0.3 is 0 Å². The van der Waals surface area contributed by atoms with E-state index in [-0.39, 0.29) is 5.69 Å². The van der Waals surface area contributed by atoms with Crippen LogP contribution in [-0.2, 0) is 7.05 Å². The maximum atomic E-state index is 11.1. The van der Waals surface area contributed by atoms with Crippen LogP contribution in [0.3, 0.4) is 0 Å². The van der Waals surface area contributed by atoms with Crippen molar-refractivity contribution in [2.45, 2.75) is 0 Å². The van der Waals surface area contributed by atoms with Gasteiger partial charge in [0.25, 0.3) is 0 Å². The van der Waals surface area contributed by atoms with E-state index in [0.717, 1.165) is 0 Å². The van der Waals surface area contributed by atoms with E-state index >= 15 is 0 Å². The number of hydrogen-bond acceptors (Lipinski definition) is 3. The van der Waals surface area contributed by atoms with E-state index in [4.69, 9.17) is 11.6 Å². The molecular formula is C8H7ClN4O. The molecule has 72 valence electrons. The lowest BCUT2D eigenvalue weighted by atomic mass is 10.3. The van der Waals surface area contributed by atoms with E-state index in [0.29, 0.717) is 16.5 Å². The quantitative estimate of drug-likeness (QED) is 0.758. The fraction of sp³-hybridized carbons (Fsp3) is 0.125. The number of aromatic nitrogens is 4. The summed E-state index contributed by atoms with van der Waals surface area (Å²) in [5, 5.41) is 6.72. The SMILES string of the molecule is Cn1c(-c2ccc(Cl)cn2)n[nH]c1=O. The Kier molecular flexibility index (Phi) is 2.09. The summed E-state index contributed by atoms with van der Waals surface area (Å²) in [7, 11) is 1.62. The van der Waals surface area contributed by atoms with Gasteiger partial charge in [0.05, 0.1) is 5.02 Å². The monoisotopic (exact) mass is 210 g/mol. The van der Waals surface area contributed by atoms with Crippen molar-refractivity contribution in [3.63, 3.8) is 0 Å². The lowest BCUT2D eigenvalue weighted by molar-refractivity contribution is 0.866. The van der Waals surface area contributed by atoms with Gasteiger partial charge in [0.2, 0.25) is 0 Å². The summed E-state index contributed by atoms with van der Waals surface area (Å²) in [6.07, 6.45) is 1.51. The summed E-state index contributed by atoms with van der Waals surface area (Å²) >= 11 is 5.68. The molecular weight excluding hydrogens is 204 g/mol. The third kappa shape index (κ3) is 1.42. The number of nitrogens with one attached hydrogen (secondary N) is 1. The van der Waals surface area contributed by atoms with Crippen LogP contribution in [0.4, 0.5) is 0 Å². The molecule has 5 nitrogen and oxygen atoms in total. The highest BCUT2D eigenvalue weighted by atomic mass is 35.5. The van der Waals surface area contributed by atoms with E-state index in [9.17, 15) is 4.79 Å². The number of pyridine rings is 1. The predicted molar refractivity (Wildman–Crippen MR) is 52.1 cm³/mol. The first kappa shape index (κ1) is 8.96. The zero-order chi connectivity index (χ0) is 10.1. The molecule has 0 radical (unpaired) electrons. The van der Waals surface area contributed by atoms with Crippen LogP contribution in [0.15, 0.2) is 23.1 Å². The predicted octanol–water partition coefficient (Wildman–Crippen LogP) is 0.824. The first-order valence-corrected chi connectivity index (χ1v) is 4.29. The van der Waals surface area contributed by atoms with E-state index < -0.39 is 0 Å². The first-order chi connectivity index (χ1) is 6.68. The highest BCUT2D eigenvalue weighted by Crippen LogP contribution is 2.13. The van der Waals surface area contributed by atoms with Gasteiger partial charge in [-0.1, -0.05) is 11.6 Å². The summed E-state index contributed by atoms with van der Waals surface area (Å²) < 4.78 is 1.39. The normalized spacial score (nSPS) is 10.4. The second-order valence-electron chi connectivity index (χ2n) is 2.77. The Bertz CT molecular complexity index is 499. The minimum atomic E-state index is -0.267. The van der Waals surface area contributed by atoms with Crippen molar-refractivity contribution in [3.05, 3.63) is 33.8 Å². The van der Waals surface area contributed by atoms with Crippen LogP contribution in [0, 0.1) is 0 Å². The number of H-pyrrole nitrogens is 1. The fourth-order valence-electron chi connectivity index (χ4n) is 1.08. The Morgan fingerprint density at radius 3 is 2.79 bits per heavy atom. The third-order valence-electron chi connectivity index (χ3n) is 1.84. The van der Waals surface area contributed by atoms with Crippen LogP contribution >= 0.6 is 11.6 Å². The van der Waals surface area contributed by atoms with E-state index in [1.54, 1.807) is 19.2 Å². The zero-order valence-electron chi connectivity index (χ0n) is 7.36. The Morgan fingerprint density at radius 1 is 1.50 bits per heavy atom. The molecule has 0 atom stereocenters. The number of rotatable bonds is 1. The standard InChI is InChI=1S/C8H7ClN4O/c1-13-7(11-12-8(13)14)6-3-2-5(9)4-10-6/h2-4H,1H3,(H,12,14). The Labute approximate surface area is 84.4 Å². The Morgan fingerprint density at radius 2 is 2.29 bits per heavy atom. The van der Waals surface area contributed by atoms with Crippen molar-refractivity contribution in [1.29, 1.82) is 0 Å². The maximum absolute atomic E-state index is 11.1. The minimum Gasteiger partial charge on any atom is -0.277 e. The topological polar surface area (TPSA) is 63.6 Å². The van der Waals surface area contributed by atoms with E-state index in [1.165, 1.54) is 10.8 Å². The van der Waals surface area contributed by atoms with Crippen molar-refractivity contribution >= 4 is 11.6 Å². The van der Waals surface area contributed by atoms with Gasteiger partial charge in [-0.05, 0) is 12.1 Å². The number of hydrogen-bond donors (Lipinski definition) is 1. The number of halogens is 1. The summed E-state index contributed by atoms with van der Waals surface area (Å²) in [6.45, 7) is 0. The summed E-state index contributed by atoms with van der Waals surface area (Å²) in [6, 6.07) is 3.40. The van der Waals surface area contributed by atoms with Gasteiger partial charge in [-0.15, -0.1) is 0 Å².